The summed E-state index contributed by atoms with van der Waals surface area (Å²) < 4.78 is 28.2. The lowest BCUT2D eigenvalue weighted by Gasteiger charge is -2.39. The van der Waals surface area contributed by atoms with Crippen molar-refractivity contribution in [1.82, 2.24) is 0 Å². The van der Waals surface area contributed by atoms with Crippen LogP contribution in [0, 0.1) is 0 Å². The number of ether oxygens (including phenoxy) is 3. The maximum absolute atomic E-state index is 13.2. The summed E-state index contributed by atoms with van der Waals surface area (Å²) in [6.07, 6.45) is -9.26. The van der Waals surface area contributed by atoms with Gasteiger partial charge in [-0.3, -0.25) is 0 Å². The Kier molecular flexibility index (Phi) is 4.49. The van der Waals surface area contributed by atoms with E-state index in [0.29, 0.717) is 0 Å². The predicted octanol–water partition coefficient (Wildman–Crippen LogP) is -2.46. The SMILES string of the molecule is O[C@@H]1[C@@H](O)[C@H](O[C@@H]2COC[C@H](F)[C@H]2O)OC[C@H]1O. The van der Waals surface area contributed by atoms with E-state index >= 15 is 0 Å². The molecule has 2 saturated heterocycles. The zero-order chi connectivity index (χ0) is 13.3. The molecule has 0 bridgehead atoms. The number of halogens is 1. The van der Waals surface area contributed by atoms with Crippen LogP contribution in [0.15, 0.2) is 0 Å². The van der Waals surface area contributed by atoms with E-state index in [1.54, 1.807) is 0 Å². The van der Waals surface area contributed by atoms with Crippen LogP contribution >= 0.6 is 0 Å². The van der Waals surface area contributed by atoms with Crippen molar-refractivity contribution in [3.05, 3.63) is 0 Å². The molecule has 8 heteroatoms. The summed E-state index contributed by atoms with van der Waals surface area (Å²) in [5, 5.41) is 37.8. The highest BCUT2D eigenvalue weighted by Gasteiger charge is 2.42. The van der Waals surface area contributed by atoms with Crippen LogP contribution in [0.3, 0.4) is 0 Å². The van der Waals surface area contributed by atoms with Crippen LogP contribution in [0.4, 0.5) is 4.39 Å². The fourth-order valence-corrected chi connectivity index (χ4v) is 1.92. The Morgan fingerprint density at radius 1 is 0.944 bits per heavy atom. The second-order valence-electron chi connectivity index (χ2n) is 4.47. The van der Waals surface area contributed by atoms with Crippen molar-refractivity contribution in [2.75, 3.05) is 19.8 Å². The van der Waals surface area contributed by atoms with E-state index in [1.165, 1.54) is 0 Å². The maximum Gasteiger partial charge on any atom is 0.186 e. The first-order chi connectivity index (χ1) is 8.50. The van der Waals surface area contributed by atoms with E-state index in [9.17, 15) is 24.8 Å². The predicted molar refractivity (Wildman–Crippen MR) is 54.4 cm³/mol. The first-order valence-corrected chi connectivity index (χ1v) is 5.72. The van der Waals surface area contributed by atoms with Crippen molar-refractivity contribution in [3.8, 4) is 0 Å². The first-order valence-electron chi connectivity index (χ1n) is 5.72. The van der Waals surface area contributed by atoms with Crippen LogP contribution in [-0.2, 0) is 14.2 Å². The van der Waals surface area contributed by atoms with Gasteiger partial charge in [0.15, 0.2) is 12.5 Å². The van der Waals surface area contributed by atoms with Gasteiger partial charge in [-0.1, -0.05) is 0 Å². The van der Waals surface area contributed by atoms with Gasteiger partial charge in [-0.05, 0) is 0 Å². The molecule has 18 heavy (non-hydrogen) atoms. The normalized spacial score (nSPS) is 50.2. The summed E-state index contributed by atoms with van der Waals surface area (Å²) >= 11 is 0. The molecule has 0 amide bonds. The molecule has 2 fully saturated rings. The van der Waals surface area contributed by atoms with Gasteiger partial charge in [0.25, 0.3) is 0 Å². The van der Waals surface area contributed by atoms with Crippen molar-refractivity contribution in [2.24, 2.45) is 0 Å². The van der Waals surface area contributed by atoms with Gasteiger partial charge < -0.3 is 34.6 Å². The van der Waals surface area contributed by atoms with Crippen LogP contribution in [0.5, 0.6) is 0 Å². The number of aliphatic hydroxyl groups excluding tert-OH is 4. The third-order valence-corrected chi connectivity index (χ3v) is 3.07. The zero-order valence-electron chi connectivity index (χ0n) is 9.55. The van der Waals surface area contributed by atoms with Gasteiger partial charge in [0.1, 0.15) is 30.5 Å². The van der Waals surface area contributed by atoms with Gasteiger partial charge in [-0.15, -0.1) is 0 Å². The molecule has 7 nitrogen and oxygen atoms in total. The third kappa shape index (κ3) is 2.80. The first kappa shape index (κ1) is 14.1. The summed E-state index contributed by atoms with van der Waals surface area (Å²) in [4.78, 5) is 0. The van der Waals surface area contributed by atoms with E-state index < -0.39 is 43.0 Å². The highest BCUT2D eigenvalue weighted by Crippen LogP contribution is 2.22. The van der Waals surface area contributed by atoms with Gasteiger partial charge in [-0.25, -0.2) is 4.39 Å². The highest BCUT2D eigenvalue weighted by molar-refractivity contribution is 4.86. The summed E-state index contributed by atoms with van der Waals surface area (Å²) in [6, 6.07) is 0. The lowest BCUT2D eigenvalue weighted by molar-refractivity contribution is -0.302. The molecule has 106 valence electrons. The fraction of sp³-hybridized carbons (Fsp3) is 1.00. The number of alkyl halides is 1. The van der Waals surface area contributed by atoms with E-state index in [-0.39, 0.29) is 19.8 Å². The molecule has 0 aliphatic carbocycles. The average molecular weight is 268 g/mol. The molecule has 2 aliphatic heterocycles. The lowest BCUT2D eigenvalue weighted by Crippen LogP contribution is -2.57. The Hall–Kier alpha value is -0.350. The summed E-state index contributed by atoms with van der Waals surface area (Å²) in [5.74, 6) is 0. The topological polar surface area (TPSA) is 109 Å². The van der Waals surface area contributed by atoms with Crippen molar-refractivity contribution in [2.45, 2.75) is 43.0 Å². The highest BCUT2D eigenvalue weighted by atomic mass is 19.1. The number of rotatable bonds is 2. The van der Waals surface area contributed by atoms with E-state index in [4.69, 9.17) is 14.2 Å². The van der Waals surface area contributed by atoms with Crippen LogP contribution in [0.25, 0.3) is 0 Å². The Labute approximate surface area is 103 Å². The largest absolute Gasteiger partial charge is 0.388 e. The minimum atomic E-state index is -1.57. The zero-order valence-corrected chi connectivity index (χ0v) is 9.55. The van der Waals surface area contributed by atoms with E-state index in [2.05, 4.69) is 0 Å². The third-order valence-electron chi connectivity index (χ3n) is 3.07. The van der Waals surface area contributed by atoms with Gasteiger partial charge in [0.05, 0.1) is 19.8 Å². The second kappa shape index (κ2) is 5.74. The Morgan fingerprint density at radius 2 is 1.67 bits per heavy atom. The van der Waals surface area contributed by atoms with Crippen molar-refractivity contribution < 1.29 is 39.0 Å². The Balaban J connectivity index is 1.92. The maximum atomic E-state index is 13.2. The van der Waals surface area contributed by atoms with Gasteiger partial charge >= 0.3 is 0 Å². The van der Waals surface area contributed by atoms with Gasteiger partial charge in [0.2, 0.25) is 0 Å². The van der Waals surface area contributed by atoms with Crippen molar-refractivity contribution in [1.29, 1.82) is 0 Å². The summed E-state index contributed by atoms with van der Waals surface area (Å²) in [6.45, 7) is -0.463. The molecule has 0 spiro atoms. The van der Waals surface area contributed by atoms with E-state index in [1.807, 2.05) is 0 Å². The second-order valence-corrected chi connectivity index (χ2v) is 4.47. The average Bonchev–Trinajstić information content (AvgIpc) is 2.35. The van der Waals surface area contributed by atoms with Crippen LogP contribution in [-0.4, -0.2) is 83.2 Å². The van der Waals surface area contributed by atoms with Crippen molar-refractivity contribution in [3.63, 3.8) is 0 Å². The molecule has 0 aromatic rings. The summed E-state index contributed by atoms with van der Waals surface area (Å²) in [5.41, 5.74) is 0. The minimum Gasteiger partial charge on any atom is -0.388 e. The molecule has 0 radical (unpaired) electrons. The lowest BCUT2D eigenvalue weighted by atomic mass is 10.0. The van der Waals surface area contributed by atoms with Gasteiger partial charge in [-0.2, -0.15) is 0 Å². The molecule has 7 atom stereocenters. The van der Waals surface area contributed by atoms with E-state index in [0.717, 1.165) is 0 Å². The Morgan fingerprint density at radius 3 is 2.39 bits per heavy atom. The number of hydrogen-bond donors (Lipinski definition) is 4. The fourth-order valence-electron chi connectivity index (χ4n) is 1.92. The minimum absolute atomic E-state index is 0.0349. The van der Waals surface area contributed by atoms with Crippen LogP contribution in [0.1, 0.15) is 0 Å². The smallest absolute Gasteiger partial charge is 0.186 e. The molecule has 2 heterocycles. The molecule has 2 rings (SSSR count). The van der Waals surface area contributed by atoms with Crippen LogP contribution < -0.4 is 0 Å². The number of aliphatic hydroxyl groups is 4. The molecular weight excluding hydrogens is 251 g/mol. The van der Waals surface area contributed by atoms with Gasteiger partial charge in [0, 0.05) is 0 Å². The molecule has 4 N–H and O–H groups in total. The monoisotopic (exact) mass is 268 g/mol. The summed E-state index contributed by atoms with van der Waals surface area (Å²) in [7, 11) is 0. The molecule has 2 aliphatic rings. The quantitative estimate of drug-likeness (QED) is 0.440. The Bertz CT molecular complexity index is 279. The standard InChI is InChI=1S/C10H17FO7/c11-4-1-16-3-6(7(4)13)18-10-9(15)8(14)5(12)2-17-10/h4-10,12-15H,1-3H2/t4-,5+,6+,7+,8-,9+,10-/m0/s1. The van der Waals surface area contributed by atoms with Crippen LogP contribution in [0.2, 0.25) is 0 Å². The van der Waals surface area contributed by atoms with Crippen molar-refractivity contribution >= 4 is 0 Å². The molecule has 0 saturated carbocycles. The molecular formula is C10H17FO7. The molecule has 0 aromatic carbocycles. The number of hydrogen-bond acceptors (Lipinski definition) is 7. The molecule has 0 aromatic heterocycles. The molecule has 0 unspecified atom stereocenters.